The fourth-order valence-corrected chi connectivity index (χ4v) is 5.59. The lowest BCUT2D eigenvalue weighted by Crippen LogP contribution is -2.40. The molecule has 5 rings (SSSR count). The molecule has 0 unspecified atom stereocenters. The summed E-state index contributed by atoms with van der Waals surface area (Å²) >= 11 is 1.44. The van der Waals surface area contributed by atoms with Gasteiger partial charge in [-0.3, -0.25) is 14.5 Å². The zero-order valence-electron chi connectivity index (χ0n) is 19.7. The Morgan fingerprint density at radius 1 is 1.14 bits per heavy atom. The molecule has 0 saturated heterocycles. The minimum absolute atomic E-state index is 0.0876. The van der Waals surface area contributed by atoms with Gasteiger partial charge in [0.2, 0.25) is 11.8 Å². The molecule has 0 spiro atoms. The highest BCUT2D eigenvalue weighted by Crippen LogP contribution is 2.41. The number of pyridine rings is 1. The number of carbonyl (C=O) groups excluding carboxylic acids is 1. The van der Waals surface area contributed by atoms with Crippen LogP contribution in [0.2, 0.25) is 0 Å². The summed E-state index contributed by atoms with van der Waals surface area (Å²) in [7, 11) is 1.59. The van der Waals surface area contributed by atoms with Gasteiger partial charge in [-0.1, -0.05) is 43.5 Å². The van der Waals surface area contributed by atoms with Gasteiger partial charge in [-0.05, 0) is 36.8 Å². The zero-order valence-corrected chi connectivity index (χ0v) is 20.5. The molecule has 1 N–H and O–H groups in total. The fourth-order valence-electron chi connectivity index (χ4n) is 4.69. The number of carbonyl (C=O) groups is 2. The van der Waals surface area contributed by atoms with Gasteiger partial charge in [0.05, 0.1) is 19.2 Å². The van der Waals surface area contributed by atoms with Crippen LogP contribution in [0.4, 0.5) is 5.13 Å². The number of ether oxygens (including phenoxy) is 1. The number of methoxy groups -OCH3 is 1. The van der Waals surface area contributed by atoms with Crippen molar-refractivity contribution in [2.45, 2.75) is 51.0 Å². The van der Waals surface area contributed by atoms with Crippen LogP contribution in [0.25, 0.3) is 22.4 Å². The summed E-state index contributed by atoms with van der Waals surface area (Å²) in [5.41, 5.74) is 3.70. The number of thiazole rings is 1. The van der Waals surface area contributed by atoms with Crippen molar-refractivity contribution in [2.24, 2.45) is 11.8 Å². The number of hydrogen-bond acceptors (Lipinski definition) is 6. The first kappa shape index (κ1) is 23.5. The monoisotopic (exact) mass is 491 g/mol. The third-order valence-corrected chi connectivity index (χ3v) is 7.76. The lowest BCUT2D eigenvalue weighted by molar-refractivity contribution is -0.141. The van der Waals surface area contributed by atoms with E-state index < -0.39 is 11.9 Å². The molecule has 2 heterocycles. The molecule has 1 amide bonds. The molecule has 35 heavy (non-hydrogen) atoms. The summed E-state index contributed by atoms with van der Waals surface area (Å²) in [5.74, 6) is -0.487. The second-order valence-electron chi connectivity index (χ2n) is 9.42. The Morgan fingerprint density at radius 3 is 2.51 bits per heavy atom. The molecule has 8 heteroatoms. The van der Waals surface area contributed by atoms with Crippen molar-refractivity contribution in [3.8, 4) is 28.3 Å². The molecular weight excluding hydrogens is 462 g/mol. The summed E-state index contributed by atoms with van der Waals surface area (Å²) < 4.78 is 5.18. The SMILES string of the molecule is COc1ccc(-c2ccccc2-c2csc(N(C(=O)[C@@H](CC(=O)O)CC3CCC3)C3CC3)n2)cn1. The van der Waals surface area contributed by atoms with E-state index in [1.807, 2.05) is 41.8 Å². The largest absolute Gasteiger partial charge is 0.481 e. The Balaban J connectivity index is 1.43. The molecule has 2 aliphatic carbocycles. The van der Waals surface area contributed by atoms with Gasteiger partial charge in [0.1, 0.15) is 0 Å². The van der Waals surface area contributed by atoms with Crippen molar-refractivity contribution in [2.75, 3.05) is 12.0 Å². The number of carboxylic acid groups (broad SMARTS) is 1. The second-order valence-corrected chi connectivity index (χ2v) is 10.3. The number of amides is 1. The molecule has 1 atom stereocenters. The van der Waals surface area contributed by atoms with E-state index >= 15 is 0 Å². The van der Waals surface area contributed by atoms with Crippen LogP contribution in [0.15, 0.2) is 48.0 Å². The van der Waals surface area contributed by atoms with Crippen LogP contribution < -0.4 is 9.64 Å². The van der Waals surface area contributed by atoms with E-state index in [-0.39, 0.29) is 18.4 Å². The van der Waals surface area contributed by atoms with Crippen LogP contribution in [-0.2, 0) is 9.59 Å². The van der Waals surface area contributed by atoms with Crippen LogP contribution in [0.5, 0.6) is 5.88 Å². The summed E-state index contributed by atoms with van der Waals surface area (Å²) in [6.07, 6.45) is 7.52. The predicted molar refractivity (Wildman–Crippen MR) is 136 cm³/mol. The number of aliphatic carboxylic acids is 1. The van der Waals surface area contributed by atoms with E-state index in [2.05, 4.69) is 4.98 Å². The summed E-state index contributed by atoms with van der Waals surface area (Å²) in [6, 6.07) is 11.9. The normalized spacial score (nSPS) is 16.4. The summed E-state index contributed by atoms with van der Waals surface area (Å²) in [6.45, 7) is 0. The van der Waals surface area contributed by atoms with Gasteiger partial charge in [0.25, 0.3) is 0 Å². The van der Waals surface area contributed by atoms with Crippen LogP contribution in [0.1, 0.15) is 44.9 Å². The van der Waals surface area contributed by atoms with E-state index in [1.54, 1.807) is 18.2 Å². The lowest BCUT2D eigenvalue weighted by Gasteiger charge is -2.31. The molecule has 2 aliphatic rings. The number of rotatable bonds is 10. The molecule has 2 fully saturated rings. The first-order valence-electron chi connectivity index (χ1n) is 12.1. The second kappa shape index (κ2) is 10.2. The molecule has 7 nitrogen and oxygen atoms in total. The predicted octanol–water partition coefficient (Wildman–Crippen LogP) is 5.66. The van der Waals surface area contributed by atoms with Gasteiger partial charge in [0, 0.05) is 40.7 Å². The molecule has 2 saturated carbocycles. The Morgan fingerprint density at radius 2 is 1.91 bits per heavy atom. The molecule has 0 bridgehead atoms. The minimum atomic E-state index is -0.916. The number of aromatic nitrogens is 2. The maximum Gasteiger partial charge on any atom is 0.304 e. The van der Waals surface area contributed by atoms with Crippen molar-refractivity contribution in [3.05, 3.63) is 48.0 Å². The van der Waals surface area contributed by atoms with Crippen LogP contribution >= 0.6 is 11.3 Å². The Labute approximate surface area is 208 Å². The maximum absolute atomic E-state index is 13.6. The van der Waals surface area contributed by atoms with Gasteiger partial charge in [-0.2, -0.15) is 0 Å². The first-order valence-corrected chi connectivity index (χ1v) is 13.0. The topological polar surface area (TPSA) is 92.6 Å². The van der Waals surface area contributed by atoms with Crippen molar-refractivity contribution in [3.63, 3.8) is 0 Å². The Hall–Kier alpha value is -3.26. The van der Waals surface area contributed by atoms with E-state index in [1.165, 1.54) is 17.8 Å². The van der Waals surface area contributed by atoms with Crippen LogP contribution in [0.3, 0.4) is 0 Å². The Bertz CT molecular complexity index is 1200. The van der Waals surface area contributed by atoms with Crippen molar-refractivity contribution >= 4 is 28.3 Å². The van der Waals surface area contributed by atoms with Gasteiger partial charge < -0.3 is 9.84 Å². The quantitative estimate of drug-likeness (QED) is 0.394. The lowest BCUT2D eigenvalue weighted by atomic mass is 9.78. The summed E-state index contributed by atoms with van der Waals surface area (Å²) in [5, 5.41) is 12.1. The first-order chi connectivity index (χ1) is 17.0. The van der Waals surface area contributed by atoms with Gasteiger partial charge in [-0.25, -0.2) is 9.97 Å². The molecule has 0 aliphatic heterocycles. The number of carboxylic acids is 1. The van der Waals surface area contributed by atoms with Crippen molar-refractivity contribution in [1.29, 1.82) is 0 Å². The van der Waals surface area contributed by atoms with Gasteiger partial charge in [0.15, 0.2) is 5.13 Å². The third kappa shape index (κ3) is 5.22. The number of nitrogens with zero attached hydrogens (tertiary/aromatic N) is 3. The molecule has 3 aromatic rings. The number of benzene rings is 1. The maximum atomic E-state index is 13.6. The third-order valence-electron chi connectivity index (χ3n) is 6.92. The highest BCUT2D eigenvalue weighted by atomic mass is 32.1. The number of anilines is 1. The number of hydrogen-bond donors (Lipinski definition) is 1. The zero-order chi connectivity index (χ0) is 24.4. The molecule has 2 aromatic heterocycles. The van der Waals surface area contributed by atoms with E-state index in [0.29, 0.717) is 23.4 Å². The molecular formula is C27H29N3O4S. The standard InChI is InChI=1S/C27H29N3O4S/c1-34-24-12-9-18(15-28-24)21-7-2-3-8-22(21)23-16-35-27(29-23)30(20-10-11-20)26(33)19(14-25(31)32)13-17-5-4-6-17/h2-3,7-9,12,15-17,19-20H,4-6,10-11,13-14H2,1H3,(H,31,32)/t19-/m1/s1. The fraction of sp³-hybridized carbons (Fsp3) is 0.407. The van der Waals surface area contributed by atoms with E-state index in [0.717, 1.165) is 48.1 Å². The average molecular weight is 492 g/mol. The molecule has 0 radical (unpaired) electrons. The Kier molecular flexibility index (Phi) is 6.81. The minimum Gasteiger partial charge on any atom is -0.481 e. The summed E-state index contributed by atoms with van der Waals surface area (Å²) in [4.78, 5) is 36.2. The van der Waals surface area contributed by atoms with Gasteiger partial charge >= 0.3 is 5.97 Å². The average Bonchev–Trinajstić information content (AvgIpc) is 3.56. The van der Waals surface area contributed by atoms with E-state index in [9.17, 15) is 14.7 Å². The van der Waals surface area contributed by atoms with Gasteiger partial charge in [-0.15, -0.1) is 11.3 Å². The smallest absolute Gasteiger partial charge is 0.304 e. The van der Waals surface area contributed by atoms with Crippen molar-refractivity contribution in [1.82, 2.24) is 9.97 Å². The van der Waals surface area contributed by atoms with Crippen LogP contribution in [-0.4, -0.2) is 40.1 Å². The van der Waals surface area contributed by atoms with E-state index in [4.69, 9.17) is 9.72 Å². The van der Waals surface area contributed by atoms with Crippen LogP contribution in [0, 0.1) is 11.8 Å². The highest BCUT2D eigenvalue weighted by Gasteiger charge is 2.40. The molecule has 1 aromatic carbocycles. The molecule has 182 valence electrons. The highest BCUT2D eigenvalue weighted by molar-refractivity contribution is 7.14. The van der Waals surface area contributed by atoms with Crippen molar-refractivity contribution < 1.29 is 19.4 Å².